The van der Waals surface area contributed by atoms with Crippen molar-refractivity contribution in [2.75, 3.05) is 17.7 Å². The molecule has 1 unspecified atom stereocenters. The fraction of sp³-hybridized carbons (Fsp3) is 0.286. The van der Waals surface area contributed by atoms with Gasteiger partial charge in [0.05, 0.1) is 5.92 Å². The number of aromatic nitrogens is 2. The molecule has 0 N–H and O–H groups in total. The summed E-state index contributed by atoms with van der Waals surface area (Å²) in [5, 5.41) is 4.11. The van der Waals surface area contributed by atoms with Gasteiger partial charge in [-0.3, -0.25) is 4.79 Å². The molecule has 5 nitrogen and oxygen atoms in total. The Bertz CT molecular complexity index is 952. The Labute approximate surface area is 162 Å². The first kappa shape index (κ1) is 17.8. The molecule has 0 spiro atoms. The van der Waals surface area contributed by atoms with Gasteiger partial charge in [-0.1, -0.05) is 24.2 Å². The predicted octanol–water partition coefficient (Wildman–Crippen LogP) is 4.54. The van der Waals surface area contributed by atoms with Crippen molar-refractivity contribution in [3.63, 3.8) is 0 Å². The summed E-state index contributed by atoms with van der Waals surface area (Å²) in [6.45, 7) is 2.68. The number of carbonyl (C=O) groups is 1. The summed E-state index contributed by atoms with van der Waals surface area (Å²) in [6.07, 6.45) is 3.38. The van der Waals surface area contributed by atoms with E-state index in [9.17, 15) is 4.79 Å². The van der Waals surface area contributed by atoms with Crippen molar-refractivity contribution in [2.24, 2.45) is 0 Å². The molecule has 0 saturated carbocycles. The largest absolute Gasteiger partial charge is 0.339 e. The second kappa shape index (κ2) is 7.56. The molecular weight excluding hydrogens is 358 g/mol. The minimum Gasteiger partial charge on any atom is -0.339 e. The van der Waals surface area contributed by atoms with E-state index in [0.717, 1.165) is 17.7 Å². The van der Waals surface area contributed by atoms with Crippen LogP contribution in [0.3, 0.4) is 0 Å². The predicted molar refractivity (Wildman–Crippen MR) is 107 cm³/mol. The summed E-state index contributed by atoms with van der Waals surface area (Å²) in [4.78, 5) is 20.1. The molecule has 1 aliphatic rings. The number of carbonyl (C=O) groups excluding carboxylic acids is 1. The lowest BCUT2D eigenvalue weighted by molar-refractivity contribution is -0.117. The zero-order valence-corrected chi connectivity index (χ0v) is 16.2. The van der Waals surface area contributed by atoms with Gasteiger partial charge in [0.1, 0.15) is 0 Å². The van der Waals surface area contributed by atoms with E-state index >= 15 is 0 Å². The van der Waals surface area contributed by atoms with Gasteiger partial charge >= 0.3 is 0 Å². The number of hydrogen-bond donors (Lipinski definition) is 0. The van der Waals surface area contributed by atoms with E-state index in [2.05, 4.69) is 29.2 Å². The van der Waals surface area contributed by atoms with E-state index in [1.807, 2.05) is 47.6 Å². The molecule has 2 heterocycles. The summed E-state index contributed by atoms with van der Waals surface area (Å²) in [5.74, 6) is 1.12. The molecule has 3 aromatic rings. The van der Waals surface area contributed by atoms with Crippen molar-refractivity contribution < 1.29 is 9.32 Å². The summed E-state index contributed by atoms with van der Waals surface area (Å²) in [6, 6.07) is 16.2. The van der Waals surface area contributed by atoms with Gasteiger partial charge in [-0.25, -0.2) is 0 Å². The monoisotopic (exact) mass is 379 g/mol. The molecule has 0 bridgehead atoms. The first-order chi connectivity index (χ1) is 13.2. The highest BCUT2D eigenvalue weighted by atomic mass is 32.2. The number of amides is 1. The number of rotatable bonds is 5. The van der Waals surface area contributed by atoms with Crippen molar-refractivity contribution in [2.45, 2.75) is 30.6 Å². The van der Waals surface area contributed by atoms with Crippen LogP contribution in [0.2, 0.25) is 0 Å². The van der Waals surface area contributed by atoms with Crippen LogP contribution in [0.1, 0.15) is 30.7 Å². The molecule has 27 heavy (non-hydrogen) atoms. The van der Waals surface area contributed by atoms with Gasteiger partial charge in [0.2, 0.25) is 17.6 Å². The number of aryl methyl sites for hydroxylation is 1. The SMILES string of the molecule is CCc1cccc(N2CC(c3nc(-c4ccc(SC)cc4)no3)CC2=O)c1. The average molecular weight is 379 g/mol. The first-order valence-corrected chi connectivity index (χ1v) is 10.3. The number of anilines is 1. The molecule has 0 aliphatic carbocycles. The van der Waals surface area contributed by atoms with E-state index in [1.165, 1.54) is 10.5 Å². The molecule has 138 valence electrons. The van der Waals surface area contributed by atoms with Gasteiger partial charge < -0.3 is 9.42 Å². The van der Waals surface area contributed by atoms with Gasteiger partial charge in [-0.05, 0) is 54.6 Å². The Hall–Kier alpha value is -2.60. The van der Waals surface area contributed by atoms with E-state index in [0.29, 0.717) is 24.7 Å². The molecule has 6 heteroatoms. The van der Waals surface area contributed by atoms with Crippen molar-refractivity contribution in [3.05, 3.63) is 60.0 Å². The van der Waals surface area contributed by atoms with Gasteiger partial charge in [0.15, 0.2) is 0 Å². The summed E-state index contributed by atoms with van der Waals surface area (Å²) in [7, 11) is 0. The molecule has 2 aromatic carbocycles. The highest BCUT2D eigenvalue weighted by Gasteiger charge is 2.35. The van der Waals surface area contributed by atoms with Crippen molar-refractivity contribution in [1.82, 2.24) is 10.1 Å². The van der Waals surface area contributed by atoms with E-state index in [4.69, 9.17) is 4.52 Å². The molecule has 0 radical (unpaired) electrons. The van der Waals surface area contributed by atoms with Crippen LogP contribution in [-0.2, 0) is 11.2 Å². The maximum Gasteiger partial charge on any atom is 0.232 e. The normalized spacial score (nSPS) is 16.9. The molecule has 1 saturated heterocycles. The first-order valence-electron chi connectivity index (χ1n) is 9.05. The lowest BCUT2D eigenvalue weighted by Gasteiger charge is -2.16. The third-order valence-electron chi connectivity index (χ3n) is 4.89. The van der Waals surface area contributed by atoms with E-state index in [-0.39, 0.29) is 11.8 Å². The lowest BCUT2D eigenvalue weighted by Crippen LogP contribution is -2.24. The summed E-state index contributed by atoms with van der Waals surface area (Å²) in [5.41, 5.74) is 3.08. The van der Waals surface area contributed by atoms with Gasteiger partial charge in [0, 0.05) is 29.1 Å². The highest BCUT2D eigenvalue weighted by Crippen LogP contribution is 2.32. The van der Waals surface area contributed by atoms with E-state index < -0.39 is 0 Å². The highest BCUT2D eigenvalue weighted by molar-refractivity contribution is 7.98. The second-order valence-corrected chi connectivity index (χ2v) is 7.49. The van der Waals surface area contributed by atoms with Crippen LogP contribution in [-0.4, -0.2) is 28.8 Å². The molecule has 1 atom stereocenters. The Morgan fingerprint density at radius 2 is 2.04 bits per heavy atom. The van der Waals surface area contributed by atoms with Gasteiger partial charge in [-0.15, -0.1) is 11.8 Å². The second-order valence-electron chi connectivity index (χ2n) is 6.61. The van der Waals surface area contributed by atoms with Gasteiger partial charge in [-0.2, -0.15) is 4.98 Å². The fourth-order valence-electron chi connectivity index (χ4n) is 3.33. The number of nitrogens with zero attached hydrogens (tertiary/aromatic N) is 3. The van der Waals surface area contributed by atoms with Crippen LogP contribution < -0.4 is 4.90 Å². The molecule has 4 rings (SSSR count). The molecular formula is C21H21N3O2S. The topological polar surface area (TPSA) is 59.2 Å². The van der Waals surface area contributed by atoms with Crippen LogP contribution in [0, 0.1) is 0 Å². The van der Waals surface area contributed by atoms with Crippen LogP contribution >= 0.6 is 11.8 Å². The third kappa shape index (κ3) is 3.62. The summed E-state index contributed by atoms with van der Waals surface area (Å²) < 4.78 is 5.49. The smallest absolute Gasteiger partial charge is 0.232 e. The maximum atomic E-state index is 12.5. The zero-order chi connectivity index (χ0) is 18.8. The molecule has 1 aliphatic heterocycles. The van der Waals surface area contributed by atoms with Crippen LogP contribution in [0.15, 0.2) is 57.9 Å². The maximum absolute atomic E-state index is 12.5. The Kier molecular flexibility index (Phi) is 4.99. The van der Waals surface area contributed by atoms with Crippen LogP contribution in [0.4, 0.5) is 5.69 Å². The third-order valence-corrected chi connectivity index (χ3v) is 5.64. The van der Waals surface area contributed by atoms with Crippen molar-refractivity contribution >= 4 is 23.4 Å². The Morgan fingerprint density at radius 3 is 2.78 bits per heavy atom. The number of thioether (sulfide) groups is 1. The molecule has 1 amide bonds. The van der Waals surface area contributed by atoms with Crippen LogP contribution in [0.25, 0.3) is 11.4 Å². The quantitative estimate of drug-likeness (QED) is 0.609. The van der Waals surface area contributed by atoms with Crippen molar-refractivity contribution in [1.29, 1.82) is 0 Å². The Morgan fingerprint density at radius 1 is 1.22 bits per heavy atom. The van der Waals surface area contributed by atoms with Crippen LogP contribution in [0.5, 0.6) is 0 Å². The van der Waals surface area contributed by atoms with E-state index in [1.54, 1.807) is 11.8 Å². The minimum atomic E-state index is -0.0745. The van der Waals surface area contributed by atoms with Gasteiger partial charge in [0.25, 0.3) is 0 Å². The molecule has 1 aromatic heterocycles. The standard InChI is InChI=1S/C21H21N3O2S/c1-3-14-5-4-6-17(11-14)24-13-16(12-19(24)25)21-22-20(23-26-21)15-7-9-18(27-2)10-8-15/h4-11,16H,3,12-13H2,1-2H3. The molecule has 1 fully saturated rings. The Balaban J connectivity index is 1.53. The lowest BCUT2D eigenvalue weighted by atomic mass is 10.1. The number of hydrogen-bond acceptors (Lipinski definition) is 5. The number of benzene rings is 2. The minimum absolute atomic E-state index is 0.0745. The fourth-order valence-corrected chi connectivity index (χ4v) is 3.73. The average Bonchev–Trinajstić information content (AvgIpc) is 3.35. The zero-order valence-electron chi connectivity index (χ0n) is 15.4. The summed E-state index contributed by atoms with van der Waals surface area (Å²) >= 11 is 1.69. The van der Waals surface area contributed by atoms with Crippen molar-refractivity contribution in [3.8, 4) is 11.4 Å².